The second kappa shape index (κ2) is 9.63. The van der Waals surface area contributed by atoms with Crippen LogP contribution in [0.15, 0.2) is 53.1 Å². The summed E-state index contributed by atoms with van der Waals surface area (Å²) in [4.78, 5) is 27.6. The predicted molar refractivity (Wildman–Crippen MR) is 106 cm³/mol. The molecule has 0 atom stereocenters. The Kier molecular flexibility index (Phi) is 7.24. The van der Waals surface area contributed by atoms with E-state index in [0.29, 0.717) is 5.82 Å². The first-order chi connectivity index (χ1) is 13.9. The quantitative estimate of drug-likeness (QED) is 0.798. The first-order valence-corrected chi connectivity index (χ1v) is 8.91. The van der Waals surface area contributed by atoms with Crippen LogP contribution < -0.4 is 21.3 Å². The zero-order chi connectivity index (χ0) is 21.6. The van der Waals surface area contributed by atoms with Gasteiger partial charge in [0.15, 0.2) is 0 Å². The second-order valence-corrected chi connectivity index (χ2v) is 5.66. The number of nitrogens with two attached hydrogens (primary N) is 1. The molecule has 3 rings (SSSR count). The molecule has 0 unspecified atom stereocenters. The van der Waals surface area contributed by atoms with E-state index in [9.17, 15) is 18.4 Å². The first kappa shape index (κ1) is 21.8. The van der Waals surface area contributed by atoms with Crippen molar-refractivity contribution in [2.75, 3.05) is 13.7 Å². The number of alkyl halides is 2. The summed E-state index contributed by atoms with van der Waals surface area (Å²) in [5, 5.41) is 2.94. The topological polar surface area (TPSA) is 99.2 Å². The lowest BCUT2D eigenvalue weighted by molar-refractivity contribution is -0.114. The monoisotopic (exact) mass is 404 g/mol. The summed E-state index contributed by atoms with van der Waals surface area (Å²) in [5.41, 5.74) is 5.39. The molecule has 1 aliphatic rings. The fraction of sp³-hybridized carbons (Fsp3) is 0.250. The fourth-order valence-electron chi connectivity index (χ4n) is 2.74. The molecule has 0 aromatic carbocycles. The Bertz CT molecular complexity index is 1010. The molecule has 0 fully saturated rings. The maximum atomic E-state index is 13.1. The summed E-state index contributed by atoms with van der Waals surface area (Å²) >= 11 is 0. The van der Waals surface area contributed by atoms with Gasteiger partial charge in [0.1, 0.15) is 17.3 Å². The van der Waals surface area contributed by atoms with Crippen molar-refractivity contribution in [1.29, 1.82) is 0 Å². The summed E-state index contributed by atoms with van der Waals surface area (Å²) in [5.74, 6) is -0.144. The van der Waals surface area contributed by atoms with Crippen LogP contribution in [0.25, 0.3) is 11.4 Å². The Hall–Kier alpha value is -3.49. The Morgan fingerprint density at radius 2 is 2.07 bits per heavy atom. The molecule has 29 heavy (non-hydrogen) atoms. The number of pyridine rings is 2. The number of hydrogen-bond acceptors (Lipinski definition) is 5. The highest BCUT2D eigenvalue weighted by molar-refractivity contribution is 6.05. The molecule has 154 valence electrons. The highest BCUT2D eigenvalue weighted by Gasteiger charge is 2.23. The van der Waals surface area contributed by atoms with Gasteiger partial charge in [0.05, 0.1) is 13.3 Å². The Balaban J connectivity index is 0.00000145. The Labute approximate surface area is 166 Å². The molecule has 2 aromatic rings. The smallest absolute Gasteiger partial charge is 0.280 e. The van der Waals surface area contributed by atoms with Crippen LogP contribution in [-0.2, 0) is 4.79 Å². The van der Waals surface area contributed by atoms with Gasteiger partial charge in [-0.1, -0.05) is 19.9 Å². The molecule has 0 spiro atoms. The molecular weight excluding hydrogens is 382 g/mol. The van der Waals surface area contributed by atoms with Crippen molar-refractivity contribution in [1.82, 2.24) is 14.9 Å². The minimum atomic E-state index is -2.80. The van der Waals surface area contributed by atoms with Crippen LogP contribution in [-0.4, -0.2) is 29.1 Å². The van der Waals surface area contributed by atoms with Crippen molar-refractivity contribution in [3.63, 3.8) is 0 Å². The van der Waals surface area contributed by atoms with Crippen LogP contribution in [0.3, 0.4) is 0 Å². The number of carbonyl (C=O) groups excluding carboxylic acids is 1. The molecule has 1 amide bonds. The van der Waals surface area contributed by atoms with Crippen molar-refractivity contribution in [3.8, 4) is 5.75 Å². The number of aromatic nitrogens is 2. The zero-order valence-corrected chi connectivity index (χ0v) is 16.3. The van der Waals surface area contributed by atoms with E-state index in [1.807, 2.05) is 13.8 Å². The SMILES string of the molecule is CC.COc1cnc(C(F)F)cc1C1=C(C(N)=O)CNC(n2ccccc2=O)=C1. The van der Waals surface area contributed by atoms with Crippen molar-refractivity contribution < 1.29 is 18.3 Å². The highest BCUT2D eigenvalue weighted by Crippen LogP contribution is 2.34. The largest absolute Gasteiger partial charge is 0.494 e. The lowest BCUT2D eigenvalue weighted by Gasteiger charge is -2.23. The summed E-state index contributed by atoms with van der Waals surface area (Å²) in [6, 6.07) is 5.78. The van der Waals surface area contributed by atoms with Crippen molar-refractivity contribution >= 4 is 17.3 Å². The molecule has 3 N–H and O–H groups in total. The van der Waals surface area contributed by atoms with Crippen molar-refractivity contribution in [3.05, 3.63) is 69.9 Å². The van der Waals surface area contributed by atoms with Crippen LogP contribution >= 0.6 is 0 Å². The molecule has 1 aliphatic heterocycles. The minimum absolute atomic E-state index is 0.0212. The number of primary amides is 1. The molecule has 2 aromatic heterocycles. The molecule has 9 heteroatoms. The molecule has 0 saturated carbocycles. The number of nitrogens with zero attached hydrogens (tertiary/aromatic N) is 2. The van der Waals surface area contributed by atoms with Gasteiger partial charge in [-0.05, 0) is 23.8 Å². The molecule has 0 saturated heterocycles. The standard InChI is InChI=1S/C18H16F2N4O3.C2H6/c1-27-14-9-22-13(17(19)20)6-11(14)10-7-15(23-8-12(10)18(21)26)24-5-3-2-4-16(24)25;1-2/h2-7,9,17,23H,8H2,1H3,(H2,21,26);1-2H3. The maximum absolute atomic E-state index is 13.1. The lowest BCUT2D eigenvalue weighted by atomic mass is 9.96. The van der Waals surface area contributed by atoms with Crippen LogP contribution in [0.2, 0.25) is 0 Å². The predicted octanol–water partition coefficient (Wildman–Crippen LogP) is 2.56. The van der Waals surface area contributed by atoms with E-state index in [0.717, 1.165) is 12.3 Å². The Morgan fingerprint density at radius 3 is 2.66 bits per heavy atom. The van der Waals surface area contributed by atoms with Gasteiger partial charge in [0, 0.05) is 29.9 Å². The third-order valence-corrected chi connectivity index (χ3v) is 4.05. The minimum Gasteiger partial charge on any atom is -0.494 e. The summed E-state index contributed by atoms with van der Waals surface area (Å²) in [7, 11) is 1.36. The third-order valence-electron chi connectivity index (χ3n) is 4.05. The highest BCUT2D eigenvalue weighted by atomic mass is 19.3. The number of methoxy groups -OCH3 is 1. The number of hydrogen-bond donors (Lipinski definition) is 2. The van der Waals surface area contributed by atoms with Gasteiger partial charge in [0.2, 0.25) is 5.91 Å². The number of ether oxygens (including phenoxy) is 1. The number of nitrogens with one attached hydrogen (secondary N) is 1. The van der Waals surface area contributed by atoms with Crippen LogP contribution in [0.4, 0.5) is 8.78 Å². The van der Waals surface area contributed by atoms with E-state index >= 15 is 0 Å². The molecule has 0 radical (unpaired) electrons. The van der Waals surface area contributed by atoms with Gasteiger partial charge >= 0.3 is 0 Å². The lowest BCUT2D eigenvalue weighted by Crippen LogP contribution is -2.33. The van der Waals surface area contributed by atoms with E-state index in [4.69, 9.17) is 10.5 Å². The third kappa shape index (κ3) is 4.68. The number of amides is 1. The van der Waals surface area contributed by atoms with Gasteiger partial charge in [-0.2, -0.15) is 0 Å². The first-order valence-electron chi connectivity index (χ1n) is 8.91. The van der Waals surface area contributed by atoms with E-state index in [1.54, 1.807) is 18.3 Å². The molecule has 0 aliphatic carbocycles. The number of allylic oxidation sites excluding steroid dienone is 2. The van der Waals surface area contributed by atoms with Gasteiger partial charge in [-0.25, -0.2) is 8.78 Å². The fourth-order valence-corrected chi connectivity index (χ4v) is 2.74. The molecular formula is C20H22F2N4O3. The summed E-state index contributed by atoms with van der Waals surface area (Å²) in [6.07, 6.45) is 1.40. The average molecular weight is 404 g/mol. The van der Waals surface area contributed by atoms with Crippen molar-refractivity contribution in [2.24, 2.45) is 5.73 Å². The summed E-state index contributed by atoms with van der Waals surface area (Å²) in [6.45, 7) is 4.02. The summed E-state index contributed by atoms with van der Waals surface area (Å²) < 4.78 is 32.8. The van der Waals surface area contributed by atoms with Crippen LogP contribution in [0, 0.1) is 0 Å². The van der Waals surface area contributed by atoms with Gasteiger partial charge in [-0.15, -0.1) is 0 Å². The molecule has 0 bridgehead atoms. The van der Waals surface area contributed by atoms with Gasteiger partial charge in [-0.3, -0.25) is 19.1 Å². The van der Waals surface area contributed by atoms with Gasteiger partial charge in [0.25, 0.3) is 12.0 Å². The normalized spacial score (nSPS) is 13.2. The van der Waals surface area contributed by atoms with Gasteiger partial charge < -0.3 is 15.8 Å². The number of rotatable bonds is 5. The van der Waals surface area contributed by atoms with Crippen LogP contribution in [0.1, 0.15) is 31.5 Å². The molecule has 3 heterocycles. The zero-order valence-electron chi connectivity index (χ0n) is 16.3. The number of carbonyl (C=O) groups is 1. The van der Waals surface area contributed by atoms with E-state index in [2.05, 4.69) is 10.3 Å². The van der Waals surface area contributed by atoms with E-state index in [1.165, 1.54) is 23.8 Å². The van der Waals surface area contributed by atoms with E-state index < -0.39 is 18.0 Å². The number of halogens is 2. The van der Waals surface area contributed by atoms with Crippen LogP contribution in [0.5, 0.6) is 5.75 Å². The number of dihydropyridines is 1. The Morgan fingerprint density at radius 1 is 1.34 bits per heavy atom. The van der Waals surface area contributed by atoms with Crippen molar-refractivity contribution in [2.45, 2.75) is 20.3 Å². The van der Waals surface area contributed by atoms with E-state index in [-0.39, 0.29) is 34.6 Å². The molecule has 7 nitrogen and oxygen atoms in total. The second-order valence-electron chi connectivity index (χ2n) is 5.66. The maximum Gasteiger partial charge on any atom is 0.280 e. The average Bonchev–Trinajstić information content (AvgIpc) is 2.74.